The van der Waals surface area contributed by atoms with Crippen LogP contribution < -0.4 is 5.32 Å². The number of hydrogen-bond donors (Lipinski definition) is 2. The average molecular weight is 341 g/mol. The number of nitrogens with one attached hydrogen (secondary N) is 1. The Bertz CT molecular complexity index is 829. The molecule has 1 unspecified atom stereocenters. The third-order valence-electron chi connectivity index (χ3n) is 3.74. The molecule has 0 bridgehead atoms. The number of alkyl carbamates (subject to hydrolysis) is 1. The van der Waals surface area contributed by atoms with Crippen LogP contribution in [-0.2, 0) is 17.8 Å². The monoisotopic (exact) mass is 341 g/mol. The first kappa shape index (κ1) is 16.3. The maximum atomic E-state index is 11.9. The minimum atomic E-state index is -0.422. The molecule has 1 aromatic heterocycles. The Hall–Kier alpha value is -2.53. The molecule has 2 aromatic carbocycles. The number of carbonyl (C=O) groups is 1. The van der Waals surface area contributed by atoms with Gasteiger partial charge < -0.3 is 15.2 Å². The Labute approximate surface area is 144 Å². The van der Waals surface area contributed by atoms with E-state index in [1.54, 1.807) is 23.5 Å². The standard InChI is InChI=1S/C19H19NO3S/c1-13(20-19(22)23-11-14-5-3-2-4-6-14)9-15-12-24-18-8-7-16(21)10-17(15)18/h2-8,10,12-13,21H,9,11H2,1H3,(H,20,22). The van der Waals surface area contributed by atoms with E-state index in [0.717, 1.165) is 21.2 Å². The Morgan fingerprint density at radius 2 is 2.04 bits per heavy atom. The van der Waals surface area contributed by atoms with E-state index in [9.17, 15) is 9.90 Å². The fourth-order valence-corrected chi connectivity index (χ4v) is 3.53. The average Bonchev–Trinajstić information content (AvgIpc) is 2.96. The van der Waals surface area contributed by atoms with Crippen LogP contribution in [0.2, 0.25) is 0 Å². The summed E-state index contributed by atoms with van der Waals surface area (Å²) in [7, 11) is 0. The molecule has 0 fully saturated rings. The van der Waals surface area contributed by atoms with Crippen LogP contribution in [0.4, 0.5) is 4.79 Å². The van der Waals surface area contributed by atoms with Gasteiger partial charge in [0.2, 0.25) is 0 Å². The van der Waals surface area contributed by atoms with Crippen LogP contribution in [0, 0.1) is 0 Å². The van der Waals surface area contributed by atoms with Crippen LogP contribution in [0.1, 0.15) is 18.1 Å². The number of phenols is 1. The lowest BCUT2D eigenvalue weighted by Crippen LogP contribution is -2.34. The number of carbonyl (C=O) groups excluding carboxylic acids is 1. The number of benzene rings is 2. The van der Waals surface area contributed by atoms with Gasteiger partial charge in [0, 0.05) is 10.7 Å². The van der Waals surface area contributed by atoms with E-state index in [1.165, 1.54) is 0 Å². The molecular weight excluding hydrogens is 322 g/mol. The second-order valence-electron chi connectivity index (χ2n) is 5.75. The maximum Gasteiger partial charge on any atom is 0.407 e. The van der Waals surface area contributed by atoms with Crippen LogP contribution in [0.3, 0.4) is 0 Å². The Morgan fingerprint density at radius 1 is 1.25 bits per heavy atom. The third-order valence-corrected chi connectivity index (χ3v) is 4.75. The first-order chi connectivity index (χ1) is 11.6. The van der Waals surface area contributed by atoms with Crippen molar-refractivity contribution in [3.63, 3.8) is 0 Å². The summed E-state index contributed by atoms with van der Waals surface area (Å²) in [5.41, 5.74) is 2.07. The van der Waals surface area contributed by atoms with Crippen LogP contribution in [0.5, 0.6) is 5.75 Å². The van der Waals surface area contributed by atoms with E-state index in [0.29, 0.717) is 6.42 Å². The number of rotatable bonds is 5. The zero-order valence-electron chi connectivity index (χ0n) is 13.4. The molecule has 1 amide bonds. The fourth-order valence-electron chi connectivity index (χ4n) is 2.57. The molecule has 2 N–H and O–H groups in total. The van der Waals surface area contributed by atoms with Crippen molar-refractivity contribution in [1.29, 1.82) is 0 Å². The van der Waals surface area contributed by atoms with Crippen molar-refractivity contribution in [1.82, 2.24) is 5.32 Å². The van der Waals surface area contributed by atoms with Crippen molar-refractivity contribution >= 4 is 27.5 Å². The molecule has 3 aromatic rings. The number of aromatic hydroxyl groups is 1. The summed E-state index contributed by atoms with van der Waals surface area (Å²) in [5.74, 6) is 0.255. The molecule has 0 radical (unpaired) electrons. The van der Waals surface area contributed by atoms with E-state index < -0.39 is 6.09 Å². The van der Waals surface area contributed by atoms with Gasteiger partial charge in [0.15, 0.2) is 0 Å². The predicted molar refractivity (Wildman–Crippen MR) is 96.4 cm³/mol. The van der Waals surface area contributed by atoms with Crippen LogP contribution in [0.15, 0.2) is 53.9 Å². The molecule has 0 saturated heterocycles. The Kier molecular flexibility index (Phi) is 5.01. The van der Waals surface area contributed by atoms with Gasteiger partial charge in [-0.25, -0.2) is 4.79 Å². The highest BCUT2D eigenvalue weighted by atomic mass is 32.1. The highest BCUT2D eigenvalue weighted by Crippen LogP contribution is 2.29. The van der Waals surface area contributed by atoms with Crippen molar-refractivity contribution < 1.29 is 14.6 Å². The molecule has 0 saturated carbocycles. The van der Waals surface area contributed by atoms with E-state index in [2.05, 4.69) is 10.7 Å². The van der Waals surface area contributed by atoms with Gasteiger partial charge in [-0.3, -0.25) is 0 Å². The maximum absolute atomic E-state index is 11.9. The minimum Gasteiger partial charge on any atom is -0.508 e. The Balaban J connectivity index is 1.55. The Morgan fingerprint density at radius 3 is 2.83 bits per heavy atom. The second-order valence-corrected chi connectivity index (χ2v) is 6.66. The summed E-state index contributed by atoms with van der Waals surface area (Å²) in [6, 6.07) is 14.9. The number of amides is 1. The smallest absolute Gasteiger partial charge is 0.407 e. The lowest BCUT2D eigenvalue weighted by Gasteiger charge is -2.14. The predicted octanol–water partition coefficient (Wildman–Crippen LogP) is 4.46. The summed E-state index contributed by atoms with van der Waals surface area (Å²) >= 11 is 1.64. The normalized spacial score (nSPS) is 12.0. The topological polar surface area (TPSA) is 58.6 Å². The van der Waals surface area contributed by atoms with Crippen molar-refractivity contribution in [2.24, 2.45) is 0 Å². The quantitative estimate of drug-likeness (QED) is 0.720. The van der Waals surface area contributed by atoms with Gasteiger partial charge in [0.05, 0.1) is 0 Å². The van der Waals surface area contributed by atoms with Crippen LogP contribution in [-0.4, -0.2) is 17.2 Å². The molecule has 0 aliphatic carbocycles. The van der Waals surface area contributed by atoms with E-state index in [4.69, 9.17) is 4.74 Å². The second kappa shape index (κ2) is 7.36. The zero-order valence-corrected chi connectivity index (χ0v) is 14.2. The third kappa shape index (κ3) is 4.06. The van der Waals surface area contributed by atoms with Gasteiger partial charge in [-0.05, 0) is 53.4 Å². The summed E-state index contributed by atoms with van der Waals surface area (Å²) in [4.78, 5) is 11.9. The molecular formula is C19H19NO3S. The summed E-state index contributed by atoms with van der Waals surface area (Å²) in [6.07, 6.45) is 0.262. The van der Waals surface area contributed by atoms with Crippen molar-refractivity contribution in [3.8, 4) is 5.75 Å². The fraction of sp³-hybridized carbons (Fsp3) is 0.211. The van der Waals surface area contributed by atoms with E-state index >= 15 is 0 Å². The molecule has 5 heteroatoms. The summed E-state index contributed by atoms with van der Waals surface area (Å²) in [6.45, 7) is 2.20. The molecule has 24 heavy (non-hydrogen) atoms. The van der Waals surface area contributed by atoms with Crippen molar-refractivity contribution in [2.75, 3.05) is 0 Å². The van der Waals surface area contributed by atoms with E-state index in [1.807, 2.05) is 43.3 Å². The minimum absolute atomic E-state index is 0.0616. The van der Waals surface area contributed by atoms with E-state index in [-0.39, 0.29) is 18.4 Å². The lowest BCUT2D eigenvalue weighted by molar-refractivity contribution is 0.136. The molecule has 3 rings (SSSR count). The zero-order chi connectivity index (χ0) is 16.9. The largest absolute Gasteiger partial charge is 0.508 e. The van der Waals surface area contributed by atoms with Crippen LogP contribution >= 0.6 is 11.3 Å². The molecule has 1 heterocycles. The number of thiophene rings is 1. The van der Waals surface area contributed by atoms with Crippen molar-refractivity contribution in [2.45, 2.75) is 26.0 Å². The first-order valence-electron chi connectivity index (χ1n) is 7.78. The SMILES string of the molecule is CC(Cc1csc2ccc(O)cc12)NC(=O)OCc1ccccc1. The van der Waals surface area contributed by atoms with Gasteiger partial charge in [0.25, 0.3) is 0 Å². The molecule has 0 spiro atoms. The summed E-state index contributed by atoms with van der Waals surface area (Å²) in [5, 5.41) is 15.6. The number of hydrogen-bond acceptors (Lipinski definition) is 4. The van der Waals surface area contributed by atoms with Gasteiger partial charge in [-0.1, -0.05) is 30.3 Å². The van der Waals surface area contributed by atoms with Gasteiger partial charge in [-0.2, -0.15) is 0 Å². The van der Waals surface area contributed by atoms with Gasteiger partial charge in [0.1, 0.15) is 12.4 Å². The lowest BCUT2D eigenvalue weighted by atomic mass is 10.1. The summed E-state index contributed by atoms with van der Waals surface area (Å²) < 4.78 is 6.36. The molecule has 4 nitrogen and oxygen atoms in total. The number of fused-ring (bicyclic) bond motifs is 1. The van der Waals surface area contributed by atoms with Gasteiger partial charge >= 0.3 is 6.09 Å². The van der Waals surface area contributed by atoms with Gasteiger partial charge in [-0.15, -0.1) is 11.3 Å². The number of ether oxygens (including phenoxy) is 1. The van der Waals surface area contributed by atoms with Crippen molar-refractivity contribution in [3.05, 3.63) is 65.0 Å². The van der Waals surface area contributed by atoms with Crippen LogP contribution in [0.25, 0.3) is 10.1 Å². The molecule has 0 aliphatic rings. The molecule has 1 atom stereocenters. The highest BCUT2D eigenvalue weighted by molar-refractivity contribution is 7.17. The first-order valence-corrected chi connectivity index (χ1v) is 8.66. The number of phenolic OH excluding ortho intramolecular Hbond substituents is 1. The molecule has 0 aliphatic heterocycles. The molecule has 124 valence electrons. The highest BCUT2D eigenvalue weighted by Gasteiger charge is 2.12.